The zero-order valence-corrected chi connectivity index (χ0v) is 79.8. The summed E-state index contributed by atoms with van der Waals surface area (Å²) < 4.78 is 0. The van der Waals surface area contributed by atoms with Gasteiger partial charge in [0.2, 0.25) is 112 Å². The predicted octanol–water partition coefficient (Wildman–Crippen LogP) is -5.99. The summed E-state index contributed by atoms with van der Waals surface area (Å²) in [5.41, 5.74) is 18.4. The van der Waals surface area contributed by atoms with Crippen LogP contribution < -0.4 is 102 Å². The number of thioether (sulfide) groups is 1. The Balaban J connectivity index is 1.39. The van der Waals surface area contributed by atoms with Crippen molar-refractivity contribution in [1.29, 1.82) is 0 Å². The summed E-state index contributed by atoms with van der Waals surface area (Å²) in [6, 6.07) is -8.73. The van der Waals surface area contributed by atoms with E-state index in [0.29, 0.717) is 27.4 Å². The van der Waals surface area contributed by atoms with E-state index < -0.39 is 335 Å². The molecule has 1 saturated heterocycles. The number of aromatic amines is 2. The number of hydrogen-bond donors (Lipinski definition) is 28. The van der Waals surface area contributed by atoms with Gasteiger partial charge >= 0.3 is 23.9 Å². The van der Waals surface area contributed by atoms with Crippen LogP contribution >= 0.6 is 11.8 Å². The summed E-state index contributed by atoms with van der Waals surface area (Å²) in [6.07, 6.45) is -10.6. The number of nitrogens with one attached hydrogen (secondary N) is 18. The standard InChI is InChI=1S/C91H125N21O30S/c1-6-44(2)75(90(141)109-64(40-67(93)117)87(138)106-63(39-66(92)116)86(137)104-60(36-47-18-20-50(115)21-19-47)89(140)111-76(45(3)113)78(94)129)110-83(134)58(25-30-72(123)124)101-79(130)56-23-27-69(119)96-34-13-7-12-33-95-68(118)26-22-55(99-70(120)28-31-73(125)126)82(133)112-77(46(4)114)91(142)108-62(38-49-43-98-54-17-11-9-15-52(49)54)84(135)103-59(32-35-143-5)81(132)100-57(24-29-71(121)122)80(131)105-61(37-48-42-97-53-16-10-8-14-51(48)53)85(136)107-65(41-74(127)128)88(139)102-56/h8-11,14-21,42-46,55-65,75-77,97-98,113-115H,6-7,12-13,22-41H2,1-5H3,(H2,92,116)(H2,93,117)(H2,94,129)(H,95,118)(H,96,119)(H,99,120)(H,100,132)(H,101,130)(H,102,139)(H,103,135)(H,104,137)(H,105,131)(H,106,138)(H,107,136)(H,108,142)(H,109,141)(H,110,134)(H,111,140)(H,112,133)(H,121,122)(H,123,124)(H,125,126)(H,127,128)/t44-,45+,46+,55-,56-,57-,58-,59-,60-,61-,62-,63-,64-,65-,75-,76-,77-/m0/s1. The van der Waals surface area contributed by atoms with Gasteiger partial charge in [-0.05, 0) is 124 Å². The molecule has 0 saturated carbocycles. The van der Waals surface area contributed by atoms with Crippen LogP contribution in [0.5, 0.6) is 5.75 Å². The number of rotatable bonds is 42. The van der Waals surface area contributed by atoms with Gasteiger partial charge in [0.15, 0.2) is 0 Å². The predicted molar refractivity (Wildman–Crippen MR) is 507 cm³/mol. The van der Waals surface area contributed by atoms with Gasteiger partial charge in [0.05, 0.1) is 37.9 Å². The van der Waals surface area contributed by atoms with Crippen LogP contribution in [0.2, 0.25) is 0 Å². The second-order valence-electron chi connectivity index (χ2n) is 34.3. The second-order valence-corrected chi connectivity index (χ2v) is 35.3. The molecule has 52 heteroatoms. The smallest absolute Gasteiger partial charge is 0.305 e. The first-order valence-electron chi connectivity index (χ1n) is 45.9. The largest absolute Gasteiger partial charge is 0.508 e. The number of carboxylic acid groups (broad SMARTS) is 4. The van der Waals surface area contributed by atoms with Crippen molar-refractivity contribution in [3.05, 3.63) is 102 Å². The van der Waals surface area contributed by atoms with Gasteiger partial charge in [0, 0.05) is 98.7 Å². The van der Waals surface area contributed by atoms with Crippen molar-refractivity contribution >= 4 is 170 Å². The first-order valence-corrected chi connectivity index (χ1v) is 47.3. The third-order valence-corrected chi connectivity index (χ3v) is 23.6. The van der Waals surface area contributed by atoms with E-state index in [1.807, 2.05) is 0 Å². The highest BCUT2D eigenvalue weighted by Crippen LogP contribution is 2.24. The van der Waals surface area contributed by atoms with Crippen molar-refractivity contribution < 1.29 is 146 Å². The van der Waals surface area contributed by atoms with Gasteiger partial charge < -0.3 is 148 Å². The van der Waals surface area contributed by atoms with Gasteiger partial charge in [-0.15, -0.1) is 0 Å². The van der Waals surface area contributed by atoms with Gasteiger partial charge in [0.1, 0.15) is 90.3 Å². The van der Waals surface area contributed by atoms with Crippen molar-refractivity contribution in [3.63, 3.8) is 0 Å². The lowest BCUT2D eigenvalue weighted by molar-refractivity contribution is -0.142. The summed E-state index contributed by atoms with van der Waals surface area (Å²) in [6.45, 7) is 4.95. The minimum Gasteiger partial charge on any atom is -0.508 e. The molecular formula is C91H125N21O30S. The number of carboxylic acids is 4. The lowest BCUT2D eigenvalue weighted by atomic mass is 9.96. The average molecular weight is 2030 g/mol. The number of aliphatic hydroxyl groups is 2. The van der Waals surface area contributed by atoms with Crippen LogP contribution in [0, 0.1) is 5.92 Å². The molecule has 0 bridgehead atoms. The van der Waals surface area contributed by atoms with Crippen LogP contribution in [0.15, 0.2) is 85.2 Å². The van der Waals surface area contributed by atoms with Gasteiger partial charge in [-0.2, -0.15) is 11.8 Å². The summed E-state index contributed by atoms with van der Waals surface area (Å²) in [7, 11) is 0. The molecule has 3 aromatic carbocycles. The fourth-order valence-electron chi connectivity index (χ4n) is 15.0. The van der Waals surface area contributed by atoms with Crippen molar-refractivity contribution in [3.8, 4) is 5.75 Å². The number of aromatic hydroxyl groups is 1. The minimum absolute atomic E-state index is 0.0254. The molecule has 0 radical (unpaired) electrons. The van der Waals surface area contributed by atoms with Crippen molar-refractivity contribution in [2.75, 3.05) is 25.1 Å². The van der Waals surface area contributed by atoms with Crippen LogP contribution in [0.1, 0.15) is 160 Å². The number of phenols is 1. The third-order valence-electron chi connectivity index (χ3n) is 23.0. The van der Waals surface area contributed by atoms with E-state index in [1.54, 1.807) is 54.8 Å². The number of aromatic nitrogens is 2. The Kier molecular flexibility index (Phi) is 47.2. The molecule has 780 valence electrons. The minimum atomic E-state index is -2.31. The Bertz CT molecular complexity index is 5400. The fourth-order valence-corrected chi connectivity index (χ4v) is 15.4. The molecule has 1 aliphatic rings. The maximum atomic E-state index is 15.3. The zero-order chi connectivity index (χ0) is 106. The number of hydrogen-bond acceptors (Lipinski definition) is 27. The first kappa shape index (κ1) is 116. The number of amides is 19. The maximum Gasteiger partial charge on any atom is 0.305 e. The van der Waals surface area contributed by atoms with Crippen LogP contribution in [0.25, 0.3) is 21.8 Å². The Hall–Kier alpha value is -15.4. The number of para-hydroxylation sites is 2. The highest BCUT2D eigenvalue weighted by Gasteiger charge is 2.42. The topological polar surface area (TPSA) is 836 Å². The number of aliphatic hydroxyl groups excluding tert-OH is 2. The molecular weight excluding hydrogens is 1900 g/mol. The number of fused-ring (bicyclic) bond motifs is 2. The summed E-state index contributed by atoms with van der Waals surface area (Å²) in [5.74, 6) is -30.6. The molecule has 1 fully saturated rings. The molecule has 19 amide bonds. The quantitative estimate of drug-likeness (QED) is 0.0173. The summed E-state index contributed by atoms with van der Waals surface area (Å²) >= 11 is 1.17. The Morgan fingerprint density at radius 1 is 0.469 bits per heavy atom. The van der Waals surface area contributed by atoms with Gasteiger partial charge in [-0.25, -0.2) is 0 Å². The zero-order valence-electron chi connectivity index (χ0n) is 79.0. The van der Waals surface area contributed by atoms with E-state index in [-0.39, 0.29) is 74.2 Å². The SMILES string of the molecule is CC[C@H](C)[C@H](NC(=O)[C@H](CCC(=O)O)NC(=O)[C@@H]1CCC(=O)NCCCCCNC(=O)CC[C@H](NC(=O)CCC(=O)O)C(=O)N[C@@H]([C@@H](C)O)C(=O)N[C@@H](Cc2c[nH]c3ccccc23)C(=O)N[C@@H](CCSC)C(=O)N[C@@H](CCC(=O)O)C(=O)N[C@@H](Cc2c[nH]c3ccccc23)C(=O)N[C@@H](CC(=O)O)C(=O)N1)C(=O)N[C@@H](CC(N)=O)C(=O)N[C@@H](CC(N)=O)C(=O)N[C@@H](Cc1ccc(O)cc1)C(=O)N[C@H](C(N)=O)[C@@H](C)O. The fraction of sp³-hybridized carbons (Fsp3) is 0.505. The highest BCUT2D eigenvalue weighted by molar-refractivity contribution is 7.98. The molecule has 5 aromatic rings. The number of phenolic OH excluding ortho intramolecular Hbond substituents is 1. The lowest BCUT2D eigenvalue weighted by Crippen LogP contribution is -2.62. The number of carbonyl (C=O) groups excluding carboxylic acids is 19. The van der Waals surface area contributed by atoms with Gasteiger partial charge in [-0.1, -0.05) is 68.8 Å². The Morgan fingerprint density at radius 2 is 0.930 bits per heavy atom. The number of carbonyl (C=O) groups is 23. The van der Waals surface area contributed by atoms with Crippen molar-refractivity contribution in [2.45, 2.75) is 259 Å². The molecule has 1 aliphatic heterocycles. The Morgan fingerprint density at radius 3 is 1.43 bits per heavy atom. The maximum absolute atomic E-state index is 15.3. The first-order chi connectivity index (χ1) is 67.6. The van der Waals surface area contributed by atoms with Crippen molar-refractivity contribution in [2.24, 2.45) is 23.1 Å². The van der Waals surface area contributed by atoms with Gasteiger partial charge in [-0.3, -0.25) is 110 Å². The normalized spacial score (nSPS) is 20.2. The molecule has 3 heterocycles. The molecule has 17 atom stereocenters. The number of H-pyrrole nitrogens is 2. The van der Waals surface area contributed by atoms with Crippen LogP contribution in [-0.2, 0) is 130 Å². The Labute approximate surface area is 822 Å². The lowest BCUT2D eigenvalue weighted by Gasteiger charge is -2.29. The number of primary amides is 3. The summed E-state index contributed by atoms with van der Waals surface area (Å²) in [4.78, 5) is 325. The molecule has 0 unspecified atom stereocenters. The second kappa shape index (κ2) is 58.0. The number of benzene rings is 3. The number of nitrogens with two attached hydrogens (primary N) is 3. The van der Waals surface area contributed by atoms with E-state index in [0.717, 1.165) is 13.8 Å². The monoisotopic (exact) mass is 2020 g/mol. The number of aliphatic carboxylic acids is 4. The molecule has 2 aromatic heterocycles. The third kappa shape index (κ3) is 39.3. The van der Waals surface area contributed by atoms with Crippen LogP contribution in [-0.4, -0.2) is 304 Å². The average Bonchev–Trinajstić information content (AvgIpc) is 1.72. The highest BCUT2D eigenvalue weighted by atomic mass is 32.2. The van der Waals surface area contributed by atoms with Gasteiger partial charge in [0.25, 0.3) is 0 Å². The van der Waals surface area contributed by atoms with E-state index >= 15 is 24.0 Å². The molecule has 31 N–H and O–H groups in total. The van der Waals surface area contributed by atoms with E-state index in [1.165, 1.54) is 62.3 Å². The van der Waals surface area contributed by atoms with Crippen LogP contribution in [0.4, 0.5) is 0 Å². The van der Waals surface area contributed by atoms with Crippen molar-refractivity contribution in [1.82, 2.24) is 95.0 Å². The molecule has 6 rings (SSSR count). The van der Waals surface area contributed by atoms with Crippen LogP contribution in [0.3, 0.4) is 0 Å². The molecule has 51 nitrogen and oxygen atoms in total. The summed E-state index contributed by atoms with van der Waals surface area (Å²) in [5, 5.41) is 111. The van der Waals surface area contributed by atoms with E-state index in [4.69, 9.17) is 17.2 Å². The van der Waals surface area contributed by atoms with E-state index in [2.05, 4.69) is 95.0 Å². The molecule has 0 aliphatic carbocycles. The van der Waals surface area contributed by atoms with E-state index in [9.17, 15) is 122 Å². The molecule has 143 heavy (non-hydrogen) atoms. The molecule has 0 spiro atoms.